The second kappa shape index (κ2) is 8.69. The quantitative estimate of drug-likeness (QED) is 0.631. The molecule has 2 aromatic heterocycles. The smallest absolute Gasteiger partial charge is 0.254 e. The van der Waals surface area contributed by atoms with E-state index in [9.17, 15) is 14.0 Å². The van der Waals surface area contributed by atoms with Gasteiger partial charge in [0.25, 0.3) is 5.56 Å². The Hall–Kier alpha value is -2.80. The molecule has 150 valence electrons. The van der Waals surface area contributed by atoms with Crippen LogP contribution < -0.4 is 10.9 Å². The molecule has 0 saturated carbocycles. The molecule has 2 N–H and O–H groups in total. The van der Waals surface area contributed by atoms with Gasteiger partial charge in [0.1, 0.15) is 11.6 Å². The second-order valence-electron chi connectivity index (χ2n) is 7.24. The number of nitrogens with zero attached hydrogens (tertiary/aromatic N) is 1. The number of hydrogen-bond acceptors (Lipinski definition) is 4. The number of rotatable bonds is 5. The highest BCUT2D eigenvalue weighted by Crippen LogP contribution is 2.24. The van der Waals surface area contributed by atoms with Gasteiger partial charge in [0.05, 0.1) is 5.69 Å². The summed E-state index contributed by atoms with van der Waals surface area (Å²) >= 11 is 1.69. The van der Waals surface area contributed by atoms with Crippen molar-refractivity contribution in [2.75, 3.05) is 6.54 Å². The third-order valence-corrected chi connectivity index (χ3v) is 6.25. The number of nitrogens with one attached hydrogen (secondary N) is 2. The Morgan fingerprint density at radius 3 is 2.76 bits per heavy atom. The number of thiophene rings is 1. The fraction of sp³-hybridized carbons (Fsp3) is 0.318. The summed E-state index contributed by atoms with van der Waals surface area (Å²) in [6, 6.07) is 9.96. The topological polar surface area (TPSA) is 74.8 Å². The zero-order valence-corrected chi connectivity index (χ0v) is 16.7. The first-order valence-electron chi connectivity index (χ1n) is 9.78. The van der Waals surface area contributed by atoms with Crippen LogP contribution >= 0.6 is 11.3 Å². The van der Waals surface area contributed by atoms with Crippen LogP contribution in [-0.4, -0.2) is 22.4 Å². The minimum atomic E-state index is -0.334. The predicted octanol–water partition coefficient (Wildman–Crippen LogP) is 3.49. The summed E-state index contributed by atoms with van der Waals surface area (Å²) in [6.45, 7) is 0.621. The zero-order valence-electron chi connectivity index (χ0n) is 15.9. The number of halogens is 1. The van der Waals surface area contributed by atoms with Crippen molar-refractivity contribution in [3.63, 3.8) is 0 Å². The average molecular weight is 412 g/mol. The number of carbonyl (C=O) groups is 1. The Bertz CT molecular complexity index is 1040. The molecular formula is C22H22FN3O2S. The van der Waals surface area contributed by atoms with Crippen LogP contribution in [0.4, 0.5) is 4.39 Å². The van der Waals surface area contributed by atoms with Crippen LogP contribution in [0.5, 0.6) is 0 Å². The van der Waals surface area contributed by atoms with E-state index in [0.717, 1.165) is 12.1 Å². The van der Waals surface area contributed by atoms with Gasteiger partial charge in [-0.2, -0.15) is 0 Å². The lowest BCUT2D eigenvalue weighted by molar-refractivity contribution is -0.125. The first-order chi connectivity index (χ1) is 14.1. The molecule has 0 bridgehead atoms. The maximum absolute atomic E-state index is 13.2. The molecule has 1 aliphatic rings. The molecule has 1 amide bonds. The average Bonchev–Trinajstić information content (AvgIpc) is 3.13. The van der Waals surface area contributed by atoms with Crippen LogP contribution in [0.1, 0.15) is 29.0 Å². The van der Waals surface area contributed by atoms with Gasteiger partial charge in [0, 0.05) is 28.5 Å². The van der Waals surface area contributed by atoms with Crippen molar-refractivity contribution in [2.24, 2.45) is 5.92 Å². The van der Waals surface area contributed by atoms with Crippen molar-refractivity contribution >= 4 is 17.2 Å². The minimum Gasteiger partial charge on any atom is -0.356 e. The fourth-order valence-corrected chi connectivity index (χ4v) is 4.41. The highest BCUT2D eigenvalue weighted by Gasteiger charge is 2.25. The first kappa shape index (κ1) is 19.5. The Labute approximate surface area is 172 Å². The number of hydrogen-bond donors (Lipinski definition) is 2. The van der Waals surface area contributed by atoms with Crippen molar-refractivity contribution in [1.29, 1.82) is 0 Å². The second-order valence-corrected chi connectivity index (χ2v) is 8.27. The molecule has 0 aliphatic heterocycles. The molecule has 29 heavy (non-hydrogen) atoms. The molecule has 1 aliphatic carbocycles. The van der Waals surface area contributed by atoms with E-state index in [2.05, 4.69) is 21.4 Å². The normalized spacial score (nSPS) is 16.1. The number of H-pyrrole nitrogens is 1. The predicted molar refractivity (Wildman–Crippen MR) is 111 cm³/mol. The molecule has 0 radical (unpaired) electrons. The number of aromatic amines is 1. The van der Waals surface area contributed by atoms with E-state index in [1.165, 1.54) is 17.0 Å². The zero-order chi connectivity index (χ0) is 20.2. The number of benzene rings is 1. The molecule has 3 aromatic rings. The number of aryl methyl sites for hydroxylation is 1. The molecular weight excluding hydrogens is 389 g/mol. The van der Waals surface area contributed by atoms with Gasteiger partial charge in [-0.3, -0.25) is 9.59 Å². The lowest BCUT2D eigenvalue weighted by Gasteiger charge is -2.13. The van der Waals surface area contributed by atoms with E-state index in [-0.39, 0.29) is 23.2 Å². The Kier molecular flexibility index (Phi) is 5.85. The maximum Gasteiger partial charge on any atom is 0.254 e. The van der Waals surface area contributed by atoms with Gasteiger partial charge < -0.3 is 10.3 Å². The molecule has 0 spiro atoms. The van der Waals surface area contributed by atoms with Crippen LogP contribution in [0.15, 0.2) is 46.6 Å². The van der Waals surface area contributed by atoms with E-state index in [4.69, 9.17) is 0 Å². The van der Waals surface area contributed by atoms with E-state index >= 15 is 0 Å². The van der Waals surface area contributed by atoms with Crippen molar-refractivity contribution < 1.29 is 9.18 Å². The maximum atomic E-state index is 13.2. The summed E-state index contributed by atoms with van der Waals surface area (Å²) < 4.78 is 13.2. The van der Waals surface area contributed by atoms with Gasteiger partial charge >= 0.3 is 0 Å². The molecule has 0 fully saturated rings. The molecule has 1 atom stereocenters. The van der Waals surface area contributed by atoms with E-state index in [1.54, 1.807) is 23.5 Å². The number of fused-ring (bicyclic) bond motifs is 1. The number of aromatic nitrogens is 2. The third-order valence-electron chi connectivity index (χ3n) is 5.31. The Morgan fingerprint density at radius 1 is 1.21 bits per heavy atom. The summed E-state index contributed by atoms with van der Waals surface area (Å²) in [5.41, 5.74) is 1.89. The molecule has 4 rings (SSSR count). The number of amides is 1. The molecule has 0 saturated heterocycles. The molecule has 1 unspecified atom stereocenters. The highest BCUT2D eigenvalue weighted by atomic mass is 32.1. The Morgan fingerprint density at radius 2 is 2.00 bits per heavy atom. The lowest BCUT2D eigenvalue weighted by atomic mass is 9.99. The summed E-state index contributed by atoms with van der Waals surface area (Å²) in [6.07, 6.45) is 3.25. The molecule has 5 nitrogen and oxygen atoms in total. The lowest BCUT2D eigenvalue weighted by Crippen LogP contribution is -2.32. The van der Waals surface area contributed by atoms with E-state index in [0.29, 0.717) is 49.2 Å². The highest BCUT2D eigenvalue weighted by molar-refractivity contribution is 7.09. The van der Waals surface area contributed by atoms with Gasteiger partial charge in [0.2, 0.25) is 5.91 Å². The van der Waals surface area contributed by atoms with Gasteiger partial charge in [0.15, 0.2) is 0 Å². The summed E-state index contributed by atoms with van der Waals surface area (Å²) in [7, 11) is 0. The summed E-state index contributed by atoms with van der Waals surface area (Å²) in [5, 5.41) is 5.06. The largest absolute Gasteiger partial charge is 0.356 e. The SMILES string of the molecule is O=C(NCCc1cccs1)C1CCc2nc(-c3ccc(F)cc3)[nH]c(=O)c2CC1. The van der Waals surface area contributed by atoms with Crippen LogP contribution in [0.3, 0.4) is 0 Å². The third kappa shape index (κ3) is 4.62. The minimum absolute atomic E-state index is 0.0459. The molecule has 7 heteroatoms. The number of carbonyl (C=O) groups excluding carboxylic acids is 1. The van der Waals surface area contributed by atoms with E-state index in [1.807, 2.05) is 11.4 Å². The molecule has 2 heterocycles. The van der Waals surface area contributed by atoms with Crippen molar-refractivity contribution in [3.8, 4) is 11.4 Å². The molecule has 1 aromatic carbocycles. The van der Waals surface area contributed by atoms with Crippen molar-refractivity contribution in [2.45, 2.75) is 32.1 Å². The van der Waals surface area contributed by atoms with Crippen LogP contribution in [0.2, 0.25) is 0 Å². The van der Waals surface area contributed by atoms with Gasteiger partial charge in [-0.15, -0.1) is 11.3 Å². The van der Waals surface area contributed by atoms with Crippen molar-refractivity contribution in [3.05, 3.63) is 74.1 Å². The van der Waals surface area contributed by atoms with Crippen LogP contribution in [0.25, 0.3) is 11.4 Å². The Balaban J connectivity index is 1.43. The van der Waals surface area contributed by atoms with Crippen LogP contribution in [-0.2, 0) is 24.1 Å². The first-order valence-corrected chi connectivity index (χ1v) is 10.7. The van der Waals surface area contributed by atoms with Gasteiger partial charge in [-0.05, 0) is 67.8 Å². The summed E-state index contributed by atoms with van der Waals surface area (Å²) in [5.74, 6) is 0.0251. The van der Waals surface area contributed by atoms with Gasteiger partial charge in [-0.1, -0.05) is 6.07 Å². The monoisotopic (exact) mass is 411 g/mol. The van der Waals surface area contributed by atoms with Crippen molar-refractivity contribution in [1.82, 2.24) is 15.3 Å². The summed E-state index contributed by atoms with van der Waals surface area (Å²) in [4.78, 5) is 33.8. The van der Waals surface area contributed by atoms with E-state index < -0.39 is 0 Å². The van der Waals surface area contributed by atoms with Gasteiger partial charge in [-0.25, -0.2) is 9.37 Å². The standard InChI is InChI=1S/C22H22FN3O2S/c23-16-7-3-14(4-8-16)20-25-19-10-6-15(5-9-18(19)22(28)26-20)21(27)24-12-11-17-2-1-13-29-17/h1-4,7-8,13,15H,5-6,9-12H2,(H,24,27)(H,25,26,28). The van der Waals surface area contributed by atoms with Crippen LogP contribution in [0, 0.1) is 11.7 Å². The fourth-order valence-electron chi connectivity index (χ4n) is 3.70.